The molecule has 4 N–H and O–H groups in total. The van der Waals surface area contributed by atoms with E-state index in [0.717, 1.165) is 5.56 Å². The van der Waals surface area contributed by atoms with Crippen LogP contribution >= 0.6 is 24.4 Å². The number of nitrogens with zero attached hydrogens (tertiary/aromatic N) is 2. The maximum Gasteiger partial charge on any atom is 0.187 e. The van der Waals surface area contributed by atoms with Crippen molar-refractivity contribution in [1.82, 2.24) is 21.5 Å². The van der Waals surface area contributed by atoms with Crippen molar-refractivity contribution < 1.29 is 0 Å². The number of nitrogens with one attached hydrogen (secondary N) is 4. The molecular weight excluding hydrogens is 292 g/mol. The highest BCUT2D eigenvalue weighted by molar-refractivity contribution is 7.80. The van der Waals surface area contributed by atoms with Gasteiger partial charge in [0, 0.05) is 13.6 Å². The van der Waals surface area contributed by atoms with Crippen molar-refractivity contribution in [3.8, 4) is 0 Å². The van der Waals surface area contributed by atoms with Crippen molar-refractivity contribution >= 4 is 47.1 Å². The number of hydrogen-bond donors (Lipinski definition) is 4. The van der Waals surface area contributed by atoms with Gasteiger partial charge >= 0.3 is 0 Å². The minimum Gasteiger partial charge on any atom is -0.364 e. The molecule has 1 aromatic carbocycles. The standard InChI is InChI=1S/C12H16N6S2/c1-13-11(19)17-15-7-8-16-18-12(20)14-9-10-5-3-2-4-6-10/h2-8H,9H2,1H3,(H2,13,17,19)(H2,14,18,20)/b15-7+,16-8+. The molecule has 0 saturated carbocycles. The van der Waals surface area contributed by atoms with Crippen LogP contribution in [0.25, 0.3) is 0 Å². The normalized spacial score (nSPS) is 10.4. The fourth-order valence-corrected chi connectivity index (χ4v) is 1.31. The monoisotopic (exact) mass is 308 g/mol. The van der Waals surface area contributed by atoms with Gasteiger partial charge in [0.1, 0.15) is 0 Å². The fraction of sp³-hybridized carbons (Fsp3) is 0.167. The van der Waals surface area contributed by atoms with E-state index in [-0.39, 0.29) is 0 Å². The van der Waals surface area contributed by atoms with Crippen molar-refractivity contribution in [2.45, 2.75) is 6.54 Å². The van der Waals surface area contributed by atoms with Crippen LogP contribution in [-0.4, -0.2) is 29.7 Å². The van der Waals surface area contributed by atoms with Crippen LogP contribution in [0.1, 0.15) is 5.56 Å². The largest absolute Gasteiger partial charge is 0.364 e. The molecule has 106 valence electrons. The molecule has 0 radical (unpaired) electrons. The van der Waals surface area contributed by atoms with E-state index >= 15 is 0 Å². The average molecular weight is 308 g/mol. The Morgan fingerprint density at radius 2 is 1.65 bits per heavy atom. The predicted molar refractivity (Wildman–Crippen MR) is 90.8 cm³/mol. The smallest absolute Gasteiger partial charge is 0.187 e. The Kier molecular flexibility index (Phi) is 7.85. The summed E-state index contributed by atoms with van der Waals surface area (Å²) in [5.41, 5.74) is 6.41. The van der Waals surface area contributed by atoms with E-state index in [4.69, 9.17) is 24.4 Å². The molecule has 0 spiro atoms. The van der Waals surface area contributed by atoms with E-state index in [1.54, 1.807) is 7.05 Å². The topological polar surface area (TPSA) is 72.8 Å². The van der Waals surface area contributed by atoms with Crippen LogP contribution in [-0.2, 0) is 6.54 Å². The van der Waals surface area contributed by atoms with Crippen molar-refractivity contribution in [3.63, 3.8) is 0 Å². The molecule has 0 aromatic heterocycles. The Morgan fingerprint density at radius 1 is 1.05 bits per heavy atom. The molecule has 1 rings (SSSR count). The Labute approximate surface area is 128 Å². The van der Waals surface area contributed by atoms with Gasteiger partial charge in [-0.3, -0.25) is 10.9 Å². The molecule has 0 heterocycles. The third-order valence-corrected chi connectivity index (χ3v) is 2.60. The fourth-order valence-electron chi connectivity index (χ4n) is 1.13. The van der Waals surface area contributed by atoms with Gasteiger partial charge in [-0.25, -0.2) is 0 Å². The zero-order valence-corrected chi connectivity index (χ0v) is 12.6. The number of benzene rings is 1. The highest BCUT2D eigenvalue weighted by atomic mass is 32.1. The first kappa shape index (κ1) is 16.0. The second-order valence-corrected chi connectivity index (χ2v) is 4.34. The Hall–Kier alpha value is -2.06. The van der Waals surface area contributed by atoms with Gasteiger partial charge in [0.25, 0.3) is 0 Å². The average Bonchev–Trinajstić information content (AvgIpc) is 2.49. The highest BCUT2D eigenvalue weighted by Crippen LogP contribution is 1.96. The minimum atomic E-state index is 0.433. The van der Waals surface area contributed by atoms with Crippen LogP contribution in [0.5, 0.6) is 0 Å². The summed E-state index contributed by atoms with van der Waals surface area (Å²) in [5, 5.41) is 14.3. The predicted octanol–water partition coefficient (Wildman–Crippen LogP) is 0.716. The number of rotatable bonds is 5. The van der Waals surface area contributed by atoms with Crippen LogP contribution in [0.15, 0.2) is 40.5 Å². The first-order chi connectivity index (χ1) is 9.72. The molecule has 8 heteroatoms. The summed E-state index contributed by atoms with van der Waals surface area (Å²) in [7, 11) is 1.71. The van der Waals surface area contributed by atoms with Crippen molar-refractivity contribution in [2.75, 3.05) is 7.05 Å². The molecule has 0 aliphatic carbocycles. The molecular formula is C12H16N6S2. The zero-order chi connectivity index (χ0) is 14.6. The lowest BCUT2D eigenvalue weighted by Crippen LogP contribution is -2.31. The Balaban J connectivity index is 2.18. The van der Waals surface area contributed by atoms with E-state index in [9.17, 15) is 0 Å². The summed E-state index contributed by atoms with van der Waals surface area (Å²) in [6.45, 7) is 0.647. The molecule has 0 atom stereocenters. The number of hydrogen-bond acceptors (Lipinski definition) is 4. The van der Waals surface area contributed by atoms with E-state index < -0.39 is 0 Å². The summed E-state index contributed by atoms with van der Waals surface area (Å²) in [4.78, 5) is 0. The number of hydrazone groups is 2. The third kappa shape index (κ3) is 7.39. The van der Waals surface area contributed by atoms with Crippen molar-refractivity contribution in [3.05, 3.63) is 35.9 Å². The van der Waals surface area contributed by atoms with Gasteiger partial charge in [-0.15, -0.1) is 0 Å². The van der Waals surface area contributed by atoms with Crippen molar-refractivity contribution in [1.29, 1.82) is 0 Å². The molecule has 6 nitrogen and oxygen atoms in total. The van der Waals surface area contributed by atoms with Crippen LogP contribution in [0.3, 0.4) is 0 Å². The maximum absolute atomic E-state index is 5.06. The molecule has 0 bridgehead atoms. The molecule has 0 fully saturated rings. The van der Waals surface area contributed by atoms with Crippen LogP contribution in [0.4, 0.5) is 0 Å². The second-order valence-electron chi connectivity index (χ2n) is 3.53. The molecule has 0 amide bonds. The highest BCUT2D eigenvalue weighted by Gasteiger charge is 1.93. The third-order valence-electron chi connectivity index (χ3n) is 2.07. The van der Waals surface area contributed by atoms with Gasteiger partial charge in [-0.05, 0) is 30.0 Å². The van der Waals surface area contributed by atoms with E-state index in [2.05, 4.69) is 31.7 Å². The minimum absolute atomic E-state index is 0.433. The Morgan fingerprint density at radius 3 is 2.25 bits per heavy atom. The van der Waals surface area contributed by atoms with Gasteiger partial charge in [-0.1, -0.05) is 30.3 Å². The molecule has 0 saturated heterocycles. The van der Waals surface area contributed by atoms with Crippen LogP contribution in [0, 0.1) is 0 Å². The van der Waals surface area contributed by atoms with Crippen LogP contribution in [0.2, 0.25) is 0 Å². The summed E-state index contributed by atoms with van der Waals surface area (Å²) in [6.07, 6.45) is 2.91. The van der Waals surface area contributed by atoms with E-state index in [0.29, 0.717) is 16.8 Å². The molecule has 0 aliphatic heterocycles. The zero-order valence-electron chi connectivity index (χ0n) is 11.0. The SMILES string of the molecule is CNC(=S)N/N=C/C=N/NC(=S)NCc1ccccc1. The van der Waals surface area contributed by atoms with Gasteiger partial charge in [0.2, 0.25) is 0 Å². The van der Waals surface area contributed by atoms with Crippen LogP contribution < -0.4 is 21.5 Å². The van der Waals surface area contributed by atoms with E-state index in [1.165, 1.54) is 12.4 Å². The molecule has 0 unspecified atom stereocenters. The lowest BCUT2D eigenvalue weighted by atomic mass is 10.2. The first-order valence-corrected chi connectivity index (χ1v) is 6.64. The lowest BCUT2D eigenvalue weighted by molar-refractivity contribution is 0.869. The van der Waals surface area contributed by atoms with Gasteiger partial charge in [0.15, 0.2) is 10.2 Å². The lowest BCUT2D eigenvalue weighted by Gasteiger charge is -2.06. The second kappa shape index (κ2) is 9.82. The Bertz CT molecular complexity index is 486. The van der Waals surface area contributed by atoms with Gasteiger partial charge in [-0.2, -0.15) is 10.2 Å². The number of thiocarbonyl (C=S) groups is 2. The maximum atomic E-state index is 5.06. The summed E-state index contributed by atoms with van der Waals surface area (Å²) in [5.74, 6) is 0. The summed E-state index contributed by atoms with van der Waals surface area (Å²) in [6, 6.07) is 9.95. The first-order valence-electron chi connectivity index (χ1n) is 5.82. The molecule has 0 aliphatic rings. The summed E-state index contributed by atoms with van der Waals surface area (Å²) < 4.78 is 0. The van der Waals surface area contributed by atoms with Gasteiger partial charge in [0.05, 0.1) is 12.4 Å². The quantitative estimate of drug-likeness (QED) is 0.365. The van der Waals surface area contributed by atoms with Crippen molar-refractivity contribution in [2.24, 2.45) is 10.2 Å². The molecule has 20 heavy (non-hydrogen) atoms. The van der Waals surface area contributed by atoms with E-state index in [1.807, 2.05) is 30.3 Å². The van der Waals surface area contributed by atoms with Gasteiger partial charge < -0.3 is 10.6 Å². The summed E-state index contributed by atoms with van der Waals surface area (Å²) >= 11 is 9.89. The molecule has 1 aromatic rings.